The Bertz CT molecular complexity index is 792. The molecule has 1 aromatic carbocycles. The molecule has 26 heavy (non-hydrogen) atoms. The molecule has 0 bridgehead atoms. The molecule has 1 unspecified atom stereocenters. The van der Waals surface area contributed by atoms with Crippen molar-refractivity contribution in [3.8, 4) is 0 Å². The monoisotopic (exact) mass is 353 g/mol. The summed E-state index contributed by atoms with van der Waals surface area (Å²) in [7, 11) is 0. The third-order valence-corrected chi connectivity index (χ3v) is 6.11. The maximum absolute atomic E-state index is 13.6. The van der Waals surface area contributed by atoms with E-state index >= 15 is 0 Å². The van der Waals surface area contributed by atoms with Gasteiger partial charge in [0.25, 0.3) is 0 Å². The summed E-state index contributed by atoms with van der Waals surface area (Å²) < 4.78 is 5.34. The average Bonchev–Trinajstić information content (AvgIpc) is 3.17. The molecule has 4 rings (SSSR count). The lowest BCUT2D eigenvalue weighted by Gasteiger charge is -2.44. The van der Waals surface area contributed by atoms with Gasteiger partial charge in [-0.15, -0.1) is 0 Å². The SMILES string of the molecule is Cc1ccc(N2CCCC3(CCCN3Cc3c(C)noc3C)C2=O)cc1. The molecule has 138 valence electrons. The zero-order valence-corrected chi connectivity index (χ0v) is 15.9. The number of nitrogens with zero attached hydrogens (tertiary/aromatic N) is 3. The third kappa shape index (κ3) is 2.75. The summed E-state index contributed by atoms with van der Waals surface area (Å²) in [6.07, 6.45) is 3.99. The van der Waals surface area contributed by atoms with Crippen LogP contribution in [-0.2, 0) is 11.3 Å². The molecule has 2 aromatic rings. The van der Waals surface area contributed by atoms with Gasteiger partial charge in [-0.05, 0) is 65.1 Å². The molecule has 3 heterocycles. The van der Waals surface area contributed by atoms with Crippen molar-refractivity contribution < 1.29 is 9.32 Å². The van der Waals surface area contributed by atoms with Crippen LogP contribution in [0.5, 0.6) is 0 Å². The Morgan fingerprint density at radius 2 is 1.77 bits per heavy atom. The van der Waals surface area contributed by atoms with Crippen LogP contribution in [-0.4, -0.2) is 34.6 Å². The van der Waals surface area contributed by atoms with Crippen LogP contribution in [0.4, 0.5) is 5.69 Å². The number of likely N-dealkylation sites (tertiary alicyclic amines) is 1. The lowest BCUT2D eigenvalue weighted by molar-refractivity contribution is -0.131. The molecule has 0 radical (unpaired) electrons. The molecule has 2 fully saturated rings. The summed E-state index contributed by atoms with van der Waals surface area (Å²) in [5.74, 6) is 1.13. The average molecular weight is 353 g/mol. The summed E-state index contributed by atoms with van der Waals surface area (Å²) >= 11 is 0. The number of anilines is 1. The Labute approximate surface area is 155 Å². The highest BCUT2D eigenvalue weighted by atomic mass is 16.5. The zero-order chi connectivity index (χ0) is 18.3. The first-order chi connectivity index (χ1) is 12.5. The van der Waals surface area contributed by atoms with Crippen LogP contribution in [0.3, 0.4) is 0 Å². The fourth-order valence-corrected chi connectivity index (χ4v) is 4.57. The first-order valence-corrected chi connectivity index (χ1v) is 9.57. The fourth-order valence-electron chi connectivity index (χ4n) is 4.57. The molecule has 5 heteroatoms. The van der Waals surface area contributed by atoms with Crippen LogP contribution >= 0.6 is 0 Å². The van der Waals surface area contributed by atoms with E-state index in [9.17, 15) is 4.79 Å². The van der Waals surface area contributed by atoms with Crippen molar-refractivity contribution in [2.24, 2.45) is 0 Å². The number of aromatic nitrogens is 1. The molecule has 2 aliphatic heterocycles. The lowest BCUT2D eigenvalue weighted by Crippen LogP contribution is -2.60. The smallest absolute Gasteiger partial charge is 0.247 e. The lowest BCUT2D eigenvalue weighted by atomic mass is 9.84. The predicted molar refractivity (Wildman–Crippen MR) is 101 cm³/mol. The van der Waals surface area contributed by atoms with Crippen molar-refractivity contribution in [1.82, 2.24) is 10.1 Å². The van der Waals surface area contributed by atoms with E-state index in [4.69, 9.17) is 4.52 Å². The maximum atomic E-state index is 13.6. The van der Waals surface area contributed by atoms with Crippen LogP contribution in [0.25, 0.3) is 0 Å². The normalized spacial score (nSPS) is 24.0. The molecule has 1 spiro atoms. The highest BCUT2D eigenvalue weighted by molar-refractivity contribution is 6.01. The summed E-state index contributed by atoms with van der Waals surface area (Å²) in [6.45, 7) is 8.52. The molecule has 0 N–H and O–H groups in total. The number of carbonyl (C=O) groups excluding carboxylic acids is 1. The van der Waals surface area contributed by atoms with E-state index in [0.717, 1.165) is 68.0 Å². The largest absolute Gasteiger partial charge is 0.361 e. The van der Waals surface area contributed by atoms with Gasteiger partial charge in [0.2, 0.25) is 5.91 Å². The van der Waals surface area contributed by atoms with E-state index in [1.807, 2.05) is 18.7 Å². The summed E-state index contributed by atoms with van der Waals surface area (Å²) in [5, 5.41) is 4.08. The molecule has 1 aromatic heterocycles. The quantitative estimate of drug-likeness (QED) is 0.843. The number of aryl methyl sites for hydroxylation is 3. The Kier molecular flexibility index (Phi) is 4.35. The third-order valence-electron chi connectivity index (χ3n) is 6.11. The van der Waals surface area contributed by atoms with Gasteiger partial charge in [0.1, 0.15) is 11.3 Å². The van der Waals surface area contributed by atoms with Gasteiger partial charge in [-0.3, -0.25) is 9.69 Å². The Balaban J connectivity index is 1.63. The molecule has 2 saturated heterocycles. The summed E-state index contributed by atoms with van der Waals surface area (Å²) in [4.78, 5) is 18.0. The van der Waals surface area contributed by atoms with Crippen LogP contribution in [0.1, 0.15) is 48.3 Å². The minimum absolute atomic E-state index is 0.261. The van der Waals surface area contributed by atoms with E-state index in [1.165, 1.54) is 5.56 Å². The second-order valence-corrected chi connectivity index (χ2v) is 7.76. The van der Waals surface area contributed by atoms with E-state index in [2.05, 4.69) is 41.2 Å². The topological polar surface area (TPSA) is 49.6 Å². The number of hydrogen-bond acceptors (Lipinski definition) is 4. The van der Waals surface area contributed by atoms with Gasteiger partial charge in [0, 0.05) is 24.3 Å². The maximum Gasteiger partial charge on any atom is 0.247 e. The molecule has 2 aliphatic rings. The second-order valence-electron chi connectivity index (χ2n) is 7.76. The van der Waals surface area contributed by atoms with Gasteiger partial charge in [-0.2, -0.15) is 0 Å². The number of piperidine rings is 1. The number of amides is 1. The van der Waals surface area contributed by atoms with Crippen LogP contribution < -0.4 is 4.90 Å². The summed E-state index contributed by atoms with van der Waals surface area (Å²) in [6, 6.07) is 8.31. The zero-order valence-electron chi connectivity index (χ0n) is 15.9. The molecule has 0 saturated carbocycles. The minimum Gasteiger partial charge on any atom is -0.361 e. The van der Waals surface area contributed by atoms with Crippen molar-refractivity contribution in [3.63, 3.8) is 0 Å². The summed E-state index contributed by atoms with van der Waals surface area (Å²) in [5.41, 5.74) is 3.92. The minimum atomic E-state index is -0.376. The predicted octanol–water partition coefficient (Wildman–Crippen LogP) is 3.76. The molecular formula is C21H27N3O2. The fraction of sp³-hybridized carbons (Fsp3) is 0.524. The van der Waals surface area contributed by atoms with Crippen molar-refractivity contribution in [1.29, 1.82) is 0 Å². The molecule has 0 aliphatic carbocycles. The second kappa shape index (κ2) is 6.54. The number of benzene rings is 1. The van der Waals surface area contributed by atoms with Gasteiger partial charge in [-0.1, -0.05) is 22.9 Å². The van der Waals surface area contributed by atoms with Crippen LogP contribution in [0.2, 0.25) is 0 Å². The van der Waals surface area contributed by atoms with Gasteiger partial charge >= 0.3 is 0 Å². The first kappa shape index (κ1) is 17.3. The van der Waals surface area contributed by atoms with E-state index in [0.29, 0.717) is 0 Å². The first-order valence-electron chi connectivity index (χ1n) is 9.57. The Morgan fingerprint density at radius 3 is 2.42 bits per heavy atom. The van der Waals surface area contributed by atoms with Gasteiger partial charge in [0.15, 0.2) is 0 Å². The standard InChI is InChI=1S/C21H27N3O2/c1-15-6-8-18(9-7-15)24-13-5-11-21(20(24)25)10-4-12-23(21)14-19-16(2)22-26-17(19)3/h6-9H,4-5,10-14H2,1-3H3. The number of hydrogen-bond donors (Lipinski definition) is 0. The van der Waals surface area contributed by atoms with E-state index < -0.39 is 0 Å². The Hall–Kier alpha value is -2.14. The molecule has 1 amide bonds. The van der Waals surface area contributed by atoms with Gasteiger partial charge < -0.3 is 9.42 Å². The van der Waals surface area contributed by atoms with Crippen molar-refractivity contribution in [2.45, 2.75) is 58.5 Å². The van der Waals surface area contributed by atoms with Crippen LogP contribution in [0, 0.1) is 20.8 Å². The molecule has 1 atom stereocenters. The molecule has 5 nitrogen and oxygen atoms in total. The Morgan fingerprint density at radius 1 is 1.08 bits per heavy atom. The van der Waals surface area contributed by atoms with Crippen LogP contribution in [0.15, 0.2) is 28.8 Å². The molecular weight excluding hydrogens is 326 g/mol. The van der Waals surface area contributed by atoms with E-state index in [1.54, 1.807) is 0 Å². The number of rotatable bonds is 3. The highest BCUT2D eigenvalue weighted by Gasteiger charge is 2.51. The van der Waals surface area contributed by atoms with Crippen molar-refractivity contribution in [2.75, 3.05) is 18.0 Å². The van der Waals surface area contributed by atoms with Gasteiger partial charge in [0.05, 0.1) is 5.69 Å². The highest BCUT2D eigenvalue weighted by Crippen LogP contribution is 2.41. The number of carbonyl (C=O) groups is 1. The van der Waals surface area contributed by atoms with Crippen molar-refractivity contribution >= 4 is 11.6 Å². The van der Waals surface area contributed by atoms with Crippen molar-refractivity contribution in [3.05, 3.63) is 46.8 Å². The van der Waals surface area contributed by atoms with E-state index in [-0.39, 0.29) is 11.4 Å². The van der Waals surface area contributed by atoms with Gasteiger partial charge in [-0.25, -0.2) is 0 Å².